The lowest BCUT2D eigenvalue weighted by atomic mass is 9.89. The minimum Gasteiger partial charge on any atom is -0.464 e. The maximum Gasteiger partial charge on any atom is 0.332 e. The average molecular weight is 297 g/mol. The Morgan fingerprint density at radius 1 is 1.55 bits per heavy atom. The van der Waals surface area contributed by atoms with E-state index in [0.29, 0.717) is 18.7 Å². The highest BCUT2D eigenvalue weighted by Gasteiger charge is 2.47. The van der Waals surface area contributed by atoms with E-state index < -0.39 is 5.54 Å². The smallest absolute Gasteiger partial charge is 0.332 e. The molecule has 1 N–H and O–H groups in total. The van der Waals surface area contributed by atoms with Crippen LogP contribution in [0.15, 0.2) is 24.3 Å². The van der Waals surface area contributed by atoms with Gasteiger partial charge in [-0.05, 0) is 37.7 Å². The number of ether oxygens (including phenoxy) is 1. The molecule has 1 aromatic rings. The number of rotatable bonds is 4. The molecule has 0 aliphatic carbocycles. The first-order valence-electron chi connectivity index (χ1n) is 6.91. The molecule has 1 saturated heterocycles. The molecule has 20 heavy (non-hydrogen) atoms. The van der Waals surface area contributed by atoms with Crippen LogP contribution in [0.25, 0.3) is 0 Å². The van der Waals surface area contributed by atoms with Crippen LogP contribution < -0.4 is 5.32 Å². The van der Waals surface area contributed by atoms with Gasteiger partial charge in [-0.1, -0.05) is 19.1 Å². The van der Waals surface area contributed by atoms with Gasteiger partial charge in [-0.2, -0.15) is 11.8 Å². The van der Waals surface area contributed by atoms with E-state index in [4.69, 9.17) is 4.74 Å². The standard InChI is InChI=1S/C15H20FNO2S/c1-3-19-14(18)15(9-6-10-20-11(15)2)17-13-8-5-4-7-12(13)16/h4-5,7-8,11,17H,3,6,9-10H2,1-2H3. The minimum atomic E-state index is -0.846. The fraction of sp³-hybridized carbons (Fsp3) is 0.533. The first-order valence-corrected chi connectivity index (χ1v) is 7.96. The lowest BCUT2D eigenvalue weighted by molar-refractivity contribution is -0.148. The van der Waals surface area contributed by atoms with Gasteiger partial charge in [0.2, 0.25) is 0 Å². The SMILES string of the molecule is CCOC(=O)C1(Nc2ccccc2F)CCCSC1C. The Bertz CT molecular complexity index is 483. The maximum absolute atomic E-state index is 13.9. The van der Waals surface area contributed by atoms with E-state index in [1.807, 2.05) is 6.92 Å². The summed E-state index contributed by atoms with van der Waals surface area (Å²) in [6.07, 6.45) is 1.57. The van der Waals surface area contributed by atoms with Crippen molar-refractivity contribution in [2.24, 2.45) is 0 Å². The molecule has 2 rings (SSSR count). The van der Waals surface area contributed by atoms with Gasteiger partial charge in [-0.3, -0.25) is 0 Å². The van der Waals surface area contributed by atoms with Gasteiger partial charge in [0.15, 0.2) is 0 Å². The second-order valence-electron chi connectivity index (χ2n) is 4.91. The topological polar surface area (TPSA) is 38.3 Å². The summed E-state index contributed by atoms with van der Waals surface area (Å²) in [5.74, 6) is 0.378. The van der Waals surface area contributed by atoms with Crippen molar-refractivity contribution in [1.82, 2.24) is 0 Å². The molecular formula is C15H20FNO2S. The minimum absolute atomic E-state index is 0.0370. The molecule has 1 fully saturated rings. The third kappa shape index (κ3) is 2.92. The Labute approximate surface area is 123 Å². The zero-order valence-electron chi connectivity index (χ0n) is 11.8. The Hall–Kier alpha value is -1.23. The summed E-state index contributed by atoms with van der Waals surface area (Å²) >= 11 is 1.72. The molecule has 1 aliphatic heterocycles. The monoisotopic (exact) mass is 297 g/mol. The van der Waals surface area contributed by atoms with E-state index in [9.17, 15) is 9.18 Å². The Balaban J connectivity index is 2.31. The predicted molar refractivity (Wildman–Crippen MR) is 80.5 cm³/mol. The van der Waals surface area contributed by atoms with Crippen LogP contribution in [0, 0.1) is 5.82 Å². The van der Waals surface area contributed by atoms with Crippen molar-refractivity contribution in [2.45, 2.75) is 37.5 Å². The first-order chi connectivity index (χ1) is 9.60. The number of benzene rings is 1. The van der Waals surface area contributed by atoms with Gasteiger partial charge in [-0.15, -0.1) is 0 Å². The number of carbonyl (C=O) groups is 1. The van der Waals surface area contributed by atoms with Crippen molar-refractivity contribution < 1.29 is 13.9 Å². The van der Waals surface area contributed by atoms with Gasteiger partial charge in [0.05, 0.1) is 12.3 Å². The van der Waals surface area contributed by atoms with E-state index in [-0.39, 0.29) is 17.0 Å². The summed E-state index contributed by atoms with van der Waals surface area (Å²) in [5, 5.41) is 3.16. The van der Waals surface area contributed by atoms with Crippen LogP contribution in [0.1, 0.15) is 26.7 Å². The third-order valence-electron chi connectivity index (χ3n) is 3.65. The molecular weight excluding hydrogens is 277 g/mol. The van der Waals surface area contributed by atoms with E-state index in [2.05, 4.69) is 5.32 Å². The van der Waals surface area contributed by atoms with Crippen LogP contribution in [0.3, 0.4) is 0 Å². The van der Waals surface area contributed by atoms with E-state index in [0.717, 1.165) is 12.2 Å². The summed E-state index contributed by atoms with van der Waals surface area (Å²) in [5.41, 5.74) is -0.490. The number of hydrogen-bond donors (Lipinski definition) is 1. The van der Waals surface area contributed by atoms with Crippen molar-refractivity contribution >= 4 is 23.4 Å². The second-order valence-corrected chi connectivity index (χ2v) is 6.36. The van der Waals surface area contributed by atoms with E-state index in [1.165, 1.54) is 6.07 Å². The zero-order chi connectivity index (χ0) is 14.6. The second kappa shape index (κ2) is 6.48. The highest BCUT2D eigenvalue weighted by atomic mass is 32.2. The molecule has 110 valence electrons. The van der Waals surface area contributed by atoms with Crippen molar-refractivity contribution in [3.8, 4) is 0 Å². The molecule has 1 aliphatic rings. The summed E-state index contributed by atoms with van der Waals surface area (Å²) in [4.78, 5) is 12.4. The van der Waals surface area contributed by atoms with Gasteiger partial charge in [0.1, 0.15) is 11.4 Å². The summed E-state index contributed by atoms with van der Waals surface area (Å²) in [6, 6.07) is 6.44. The summed E-state index contributed by atoms with van der Waals surface area (Å²) in [6.45, 7) is 4.11. The molecule has 1 heterocycles. The molecule has 0 bridgehead atoms. The van der Waals surface area contributed by atoms with Crippen molar-refractivity contribution in [1.29, 1.82) is 0 Å². The molecule has 1 aromatic carbocycles. The quantitative estimate of drug-likeness (QED) is 0.864. The van der Waals surface area contributed by atoms with Gasteiger partial charge in [-0.25, -0.2) is 9.18 Å². The van der Waals surface area contributed by atoms with E-state index in [1.54, 1.807) is 36.9 Å². The van der Waals surface area contributed by atoms with Crippen LogP contribution in [-0.4, -0.2) is 29.1 Å². The normalized spacial score (nSPS) is 26.1. The summed E-state index contributed by atoms with van der Waals surface area (Å²) in [7, 11) is 0. The lowest BCUT2D eigenvalue weighted by Gasteiger charge is -2.41. The average Bonchev–Trinajstić information content (AvgIpc) is 2.44. The number of thioether (sulfide) groups is 1. The molecule has 2 atom stereocenters. The van der Waals surface area contributed by atoms with Crippen LogP contribution in [0.5, 0.6) is 0 Å². The van der Waals surface area contributed by atoms with E-state index >= 15 is 0 Å². The number of esters is 1. The highest BCUT2D eigenvalue weighted by molar-refractivity contribution is 8.00. The number of nitrogens with one attached hydrogen (secondary N) is 1. The van der Waals surface area contributed by atoms with Crippen LogP contribution in [0.2, 0.25) is 0 Å². The van der Waals surface area contributed by atoms with Gasteiger partial charge >= 0.3 is 5.97 Å². The lowest BCUT2D eigenvalue weighted by Crippen LogP contribution is -2.56. The molecule has 3 nitrogen and oxygen atoms in total. The Morgan fingerprint density at radius 3 is 2.95 bits per heavy atom. The van der Waals surface area contributed by atoms with Crippen LogP contribution in [-0.2, 0) is 9.53 Å². The van der Waals surface area contributed by atoms with Crippen LogP contribution >= 0.6 is 11.8 Å². The zero-order valence-corrected chi connectivity index (χ0v) is 12.6. The predicted octanol–water partition coefficient (Wildman–Crippen LogP) is 3.46. The number of anilines is 1. The van der Waals surface area contributed by atoms with Gasteiger partial charge < -0.3 is 10.1 Å². The van der Waals surface area contributed by atoms with Crippen molar-refractivity contribution in [3.63, 3.8) is 0 Å². The summed E-state index contributed by atoms with van der Waals surface area (Å²) < 4.78 is 19.1. The first kappa shape index (κ1) is 15.2. The molecule has 0 spiro atoms. The largest absolute Gasteiger partial charge is 0.464 e. The fourth-order valence-corrected chi connectivity index (χ4v) is 3.72. The molecule has 0 radical (unpaired) electrons. The highest BCUT2D eigenvalue weighted by Crippen LogP contribution is 2.38. The number of hydrogen-bond acceptors (Lipinski definition) is 4. The molecule has 0 aromatic heterocycles. The fourth-order valence-electron chi connectivity index (χ4n) is 2.50. The molecule has 2 unspecified atom stereocenters. The number of para-hydroxylation sites is 1. The number of carbonyl (C=O) groups excluding carboxylic acids is 1. The van der Waals surface area contributed by atoms with Crippen molar-refractivity contribution in [2.75, 3.05) is 17.7 Å². The third-order valence-corrected chi connectivity index (χ3v) is 5.08. The van der Waals surface area contributed by atoms with Crippen molar-refractivity contribution in [3.05, 3.63) is 30.1 Å². The van der Waals surface area contributed by atoms with Crippen LogP contribution in [0.4, 0.5) is 10.1 Å². The van der Waals surface area contributed by atoms with Gasteiger partial charge in [0.25, 0.3) is 0 Å². The number of halogens is 1. The Morgan fingerprint density at radius 2 is 2.30 bits per heavy atom. The van der Waals surface area contributed by atoms with Gasteiger partial charge in [0, 0.05) is 5.25 Å². The molecule has 0 amide bonds. The molecule has 5 heteroatoms. The Kier molecular flexibility index (Phi) is 4.91. The molecule has 0 saturated carbocycles. The maximum atomic E-state index is 13.9.